The summed E-state index contributed by atoms with van der Waals surface area (Å²) in [6, 6.07) is 11.4. The lowest BCUT2D eigenvalue weighted by atomic mass is 10.1. The van der Waals surface area contributed by atoms with Gasteiger partial charge in [-0.2, -0.15) is 9.78 Å². The molecule has 3 aromatic rings. The molecule has 1 fully saturated rings. The number of fused-ring (bicyclic) bond motifs is 1. The van der Waals surface area contributed by atoms with Gasteiger partial charge in [-0.15, -0.1) is 0 Å². The molecular formula is C24H24N4O5. The van der Waals surface area contributed by atoms with E-state index in [1.54, 1.807) is 30.3 Å². The summed E-state index contributed by atoms with van der Waals surface area (Å²) in [6.07, 6.45) is 2.87. The lowest BCUT2D eigenvalue weighted by Crippen LogP contribution is -2.31. The summed E-state index contributed by atoms with van der Waals surface area (Å²) in [7, 11) is 0. The molecule has 170 valence electrons. The monoisotopic (exact) mass is 448 g/mol. The molecule has 1 aliphatic carbocycles. The maximum atomic E-state index is 12.6. The zero-order chi connectivity index (χ0) is 22.9. The predicted molar refractivity (Wildman–Crippen MR) is 121 cm³/mol. The highest BCUT2D eigenvalue weighted by molar-refractivity contribution is 6.05. The molecule has 2 amide bonds. The van der Waals surface area contributed by atoms with Gasteiger partial charge in [-0.3, -0.25) is 4.79 Å². The van der Waals surface area contributed by atoms with E-state index in [-0.39, 0.29) is 24.5 Å². The van der Waals surface area contributed by atoms with Gasteiger partial charge < -0.3 is 25.2 Å². The highest BCUT2D eigenvalue weighted by Gasteiger charge is 2.30. The van der Waals surface area contributed by atoms with E-state index in [0.29, 0.717) is 46.5 Å². The van der Waals surface area contributed by atoms with E-state index in [2.05, 4.69) is 15.7 Å². The number of carbonyl (C=O) groups is 2. The van der Waals surface area contributed by atoms with Crippen molar-refractivity contribution in [3.05, 3.63) is 53.7 Å². The summed E-state index contributed by atoms with van der Waals surface area (Å²) in [5.74, 6) is 1.04. The van der Waals surface area contributed by atoms with Crippen molar-refractivity contribution >= 4 is 17.6 Å². The van der Waals surface area contributed by atoms with Crippen molar-refractivity contribution in [3.8, 4) is 28.5 Å². The molecule has 2 aromatic carbocycles. The maximum Gasteiger partial charge on any atom is 0.342 e. The van der Waals surface area contributed by atoms with E-state index in [9.17, 15) is 14.7 Å². The zero-order valence-corrected chi connectivity index (χ0v) is 18.1. The summed E-state index contributed by atoms with van der Waals surface area (Å²) in [6.45, 7) is 2.69. The zero-order valence-electron chi connectivity index (χ0n) is 18.1. The number of carbonyl (C=O) groups excluding carboxylic acids is 2. The highest BCUT2D eigenvalue weighted by Crippen LogP contribution is 2.42. The molecule has 3 N–H and O–H groups in total. The lowest BCUT2D eigenvalue weighted by Gasteiger charge is -2.08. The van der Waals surface area contributed by atoms with Crippen molar-refractivity contribution in [2.75, 3.05) is 18.7 Å². The van der Waals surface area contributed by atoms with Gasteiger partial charge in [-0.05, 0) is 55.7 Å². The number of rotatable bonds is 6. The first-order chi connectivity index (χ1) is 16.0. The predicted octanol–water partition coefficient (Wildman–Crippen LogP) is 4.08. The molecular weight excluding hydrogens is 424 g/mol. The Hall–Kier alpha value is -4.01. The van der Waals surface area contributed by atoms with E-state index < -0.39 is 0 Å². The van der Waals surface area contributed by atoms with Crippen LogP contribution in [-0.2, 0) is 0 Å². The molecule has 1 saturated carbocycles. The van der Waals surface area contributed by atoms with Gasteiger partial charge in [-0.25, -0.2) is 4.79 Å². The minimum Gasteiger partial charge on any atom is -0.507 e. The quantitative estimate of drug-likeness (QED) is 0.523. The average Bonchev–Trinajstić information content (AvgIpc) is 3.38. The molecule has 0 saturated heterocycles. The molecule has 5 rings (SSSR count). The van der Waals surface area contributed by atoms with Crippen LogP contribution >= 0.6 is 0 Å². The second-order valence-electron chi connectivity index (χ2n) is 8.13. The lowest BCUT2D eigenvalue weighted by molar-refractivity contribution is 0.102. The molecule has 33 heavy (non-hydrogen) atoms. The topological polar surface area (TPSA) is 115 Å². The molecule has 1 aliphatic heterocycles. The van der Waals surface area contributed by atoms with Gasteiger partial charge in [-0.1, -0.05) is 6.92 Å². The van der Waals surface area contributed by atoms with Crippen LogP contribution in [0, 0.1) is 0 Å². The molecule has 0 atom stereocenters. The van der Waals surface area contributed by atoms with E-state index >= 15 is 0 Å². The van der Waals surface area contributed by atoms with Crippen molar-refractivity contribution in [3.63, 3.8) is 0 Å². The normalized spacial score (nSPS) is 14.2. The number of hydrogen-bond acceptors (Lipinski definition) is 6. The smallest absolute Gasteiger partial charge is 0.342 e. The molecule has 0 bridgehead atoms. The molecule has 9 nitrogen and oxygen atoms in total. The molecule has 0 spiro atoms. The van der Waals surface area contributed by atoms with Gasteiger partial charge in [0.05, 0.1) is 11.4 Å². The van der Waals surface area contributed by atoms with E-state index in [1.807, 2.05) is 13.0 Å². The molecule has 2 heterocycles. The minimum absolute atomic E-state index is 0.0422. The van der Waals surface area contributed by atoms with Crippen molar-refractivity contribution < 1.29 is 24.2 Å². The van der Waals surface area contributed by atoms with Crippen LogP contribution in [0.4, 0.5) is 10.5 Å². The first kappa shape index (κ1) is 20.9. The SMILES string of the molecule is CCCNC(=O)n1nc(-c2ccc(NC(=O)c3ccc4c(c3)OCO4)cc2O)cc1C1CC1. The fourth-order valence-electron chi connectivity index (χ4n) is 3.73. The number of benzene rings is 2. The first-order valence-electron chi connectivity index (χ1n) is 11.0. The first-order valence-corrected chi connectivity index (χ1v) is 11.0. The van der Waals surface area contributed by atoms with Crippen LogP contribution < -0.4 is 20.1 Å². The average molecular weight is 448 g/mol. The molecule has 0 radical (unpaired) electrons. The van der Waals surface area contributed by atoms with Crippen LogP contribution in [0.3, 0.4) is 0 Å². The minimum atomic E-state index is -0.339. The van der Waals surface area contributed by atoms with Crippen molar-refractivity contribution in [1.29, 1.82) is 0 Å². The maximum absolute atomic E-state index is 12.6. The number of ether oxygens (including phenoxy) is 2. The Morgan fingerprint density at radius 2 is 1.94 bits per heavy atom. The molecule has 0 unspecified atom stereocenters. The standard InChI is InChI=1S/C24H24N4O5/c1-2-9-25-24(31)28-19(14-3-4-14)12-18(27-28)17-7-6-16(11-20(17)29)26-23(30)15-5-8-21-22(10-15)33-13-32-21/h5-8,10-12,14,29H,2-4,9,13H2,1H3,(H,25,31)(H,26,30). The fourth-order valence-corrected chi connectivity index (χ4v) is 3.73. The number of hydrogen-bond donors (Lipinski definition) is 3. The van der Waals surface area contributed by atoms with Crippen molar-refractivity contribution in [1.82, 2.24) is 15.1 Å². The molecule has 1 aromatic heterocycles. The number of phenolic OH excluding ortho intramolecular Hbond substituents is 1. The largest absolute Gasteiger partial charge is 0.507 e. The van der Waals surface area contributed by atoms with Crippen LogP contribution in [0.15, 0.2) is 42.5 Å². The summed E-state index contributed by atoms with van der Waals surface area (Å²) < 4.78 is 12.0. The Kier molecular flexibility index (Phi) is 5.37. The summed E-state index contributed by atoms with van der Waals surface area (Å²) >= 11 is 0. The third kappa shape index (κ3) is 4.21. The summed E-state index contributed by atoms with van der Waals surface area (Å²) in [5.41, 5.74) is 2.68. The van der Waals surface area contributed by atoms with Gasteiger partial charge >= 0.3 is 6.03 Å². The second kappa shape index (κ2) is 8.50. The number of aromatic nitrogens is 2. The van der Waals surface area contributed by atoms with Gasteiger partial charge in [0.15, 0.2) is 11.5 Å². The van der Waals surface area contributed by atoms with E-state index in [0.717, 1.165) is 25.0 Å². The van der Waals surface area contributed by atoms with Gasteiger partial charge in [0.2, 0.25) is 6.79 Å². The van der Waals surface area contributed by atoms with Gasteiger partial charge in [0.1, 0.15) is 5.75 Å². The Labute approximate surface area is 190 Å². The second-order valence-corrected chi connectivity index (χ2v) is 8.13. The fraction of sp³-hybridized carbons (Fsp3) is 0.292. The number of nitrogens with one attached hydrogen (secondary N) is 2. The Morgan fingerprint density at radius 3 is 2.70 bits per heavy atom. The number of amides is 2. The number of phenols is 1. The number of nitrogens with zero attached hydrogens (tertiary/aromatic N) is 2. The Morgan fingerprint density at radius 1 is 1.12 bits per heavy atom. The van der Waals surface area contributed by atoms with Crippen LogP contribution in [0.1, 0.15) is 48.2 Å². The van der Waals surface area contributed by atoms with Gasteiger partial charge in [0.25, 0.3) is 5.91 Å². The number of anilines is 1. The van der Waals surface area contributed by atoms with Crippen molar-refractivity contribution in [2.24, 2.45) is 0 Å². The van der Waals surface area contributed by atoms with E-state index in [1.165, 1.54) is 10.7 Å². The Balaban J connectivity index is 1.36. The van der Waals surface area contributed by atoms with Crippen LogP contribution in [0.2, 0.25) is 0 Å². The molecule has 9 heteroatoms. The third-order valence-corrected chi connectivity index (χ3v) is 5.62. The molecule has 2 aliphatic rings. The summed E-state index contributed by atoms with van der Waals surface area (Å²) in [4.78, 5) is 25.2. The van der Waals surface area contributed by atoms with Gasteiger partial charge in [0, 0.05) is 35.3 Å². The van der Waals surface area contributed by atoms with Crippen LogP contribution in [-0.4, -0.2) is 40.2 Å². The van der Waals surface area contributed by atoms with Crippen LogP contribution in [0.5, 0.6) is 17.2 Å². The Bertz CT molecular complexity index is 1230. The highest BCUT2D eigenvalue weighted by atomic mass is 16.7. The third-order valence-electron chi connectivity index (χ3n) is 5.62. The summed E-state index contributed by atoms with van der Waals surface area (Å²) in [5, 5.41) is 20.7. The number of aromatic hydroxyl groups is 1. The van der Waals surface area contributed by atoms with E-state index in [4.69, 9.17) is 9.47 Å². The van der Waals surface area contributed by atoms with Crippen LogP contribution in [0.25, 0.3) is 11.3 Å². The van der Waals surface area contributed by atoms with Crippen molar-refractivity contribution in [2.45, 2.75) is 32.1 Å².